The molecule has 0 bridgehead atoms. The maximum absolute atomic E-state index is 12.1. The summed E-state index contributed by atoms with van der Waals surface area (Å²) in [6.45, 7) is 1.87. The molecule has 2 rings (SSSR count). The first-order chi connectivity index (χ1) is 7.43. The Balaban J connectivity index is 2.69. The molecule has 0 unspecified atom stereocenters. The van der Waals surface area contributed by atoms with Gasteiger partial charge in [0.2, 0.25) is 5.91 Å². The van der Waals surface area contributed by atoms with Crippen molar-refractivity contribution in [2.24, 2.45) is 7.05 Å². The zero-order chi connectivity index (χ0) is 12.0. The summed E-state index contributed by atoms with van der Waals surface area (Å²) in [7, 11) is 5.01. The van der Waals surface area contributed by atoms with Gasteiger partial charge in [-0.15, -0.1) is 0 Å². The highest BCUT2D eigenvalue weighted by molar-refractivity contribution is 6.09. The predicted molar refractivity (Wildman–Crippen MR) is 58.3 cm³/mol. The molecule has 0 saturated heterocycles. The van der Waals surface area contributed by atoms with Crippen LogP contribution in [0.15, 0.2) is 0 Å². The van der Waals surface area contributed by atoms with Crippen molar-refractivity contribution in [3.05, 3.63) is 11.3 Å². The minimum atomic E-state index is -0.154. The number of aryl methyl sites for hydroxylation is 2. The lowest BCUT2D eigenvalue weighted by molar-refractivity contribution is -0.118. The van der Waals surface area contributed by atoms with Gasteiger partial charge in [0.25, 0.3) is 5.91 Å². The molecule has 6 nitrogen and oxygen atoms in total. The van der Waals surface area contributed by atoms with Gasteiger partial charge in [0.05, 0.1) is 5.69 Å². The van der Waals surface area contributed by atoms with Crippen LogP contribution in [0.1, 0.15) is 16.1 Å². The van der Waals surface area contributed by atoms with E-state index in [0.717, 1.165) is 0 Å². The van der Waals surface area contributed by atoms with Crippen molar-refractivity contribution in [2.45, 2.75) is 6.92 Å². The van der Waals surface area contributed by atoms with Crippen LogP contribution in [0.5, 0.6) is 0 Å². The largest absolute Gasteiger partial charge is 0.332 e. The Morgan fingerprint density at radius 1 is 1.19 bits per heavy atom. The Bertz CT molecular complexity index is 477. The zero-order valence-electron chi connectivity index (χ0n) is 9.81. The number of hydrogen-bond donors (Lipinski definition) is 0. The molecule has 0 saturated carbocycles. The van der Waals surface area contributed by atoms with Gasteiger partial charge < -0.3 is 4.90 Å². The second-order valence-corrected chi connectivity index (χ2v) is 4.02. The number of fused-ring (bicyclic) bond motifs is 1. The van der Waals surface area contributed by atoms with Crippen molar-refractivity contribution in [3.63, 3.8) is 0 Å². The first-order valence-corrected chi connectivity index (χ1v) is 4.99. The van der Waals surface area contributed by atoms with E-state index in [9.17, 15) is 9.59 Å². The molecule has 0 fully saturated rings. The van der Waals surface area contributed by atoms with Gasteiger partial charge in [0, 0.05) is 21.1 Å². The number of aromatic nitrogens is 2. The van der Waals surface area contributed by atoms with Crippen molar-refractivity contribution in [2.75, 3.05) is 25.5 Å². The van der Waals surface area contributed by atoms with Crippen LogP contribution in [0.25, 0.3) is 0 Å². The molecule has 0 aliphatic carbocycles. The molecular weight excluding hydrogens is 208 g/mol. The topological polar surface area (TPSA) is 58.4 Å². The number of hydrogen-bond acceptors (Lipinski definition) is 3. The normalized spacial score (nSPS) is 16.5. The quantitative estimate of drug-likeness (QED) is 0.609. The molecule has 86 valence electrons. The molecular formula is C10H14N4O2. The summed E-state index contributed by atoms with van der Waals surface area (Å²) in [5.41, 5.74) is 1.16. The highest BCUT2D eigenvalue weighted by atomic mass is 16.2. The van der Waals surface area contributed by atoms with Crippen LogP contribution in [0.3, 0.4) is 0 Å². The fourth-order valence-electron chi connectivity index (χ4n) is 1.97. The van der Waals surface area contributed by atoms with Gasteiger partial charge in [-0.2, -0.15) is 5.10 Å². The third kappa shape index (κ3) is 1.30. The number of rotatable bonds is 0. The van der Waals surface area contributed by atoms with Crippen LogP contribution < -0.4 is 4.90 Å². The number of nitrogens with zero attached hydrogens (tertiary/aromatic N) is 4. The average Bonchev–Trinajstić information content (AvgIpc) is 2.46. The molecule has 0 radical (unpaired) electrons. The molecule has 0 spiro atoms. The lowest BCUT2D eigenvalue weighted by Crippen LogP contribution is -2.36. The highest BCUT2D eigenvalue weighted by Crippen LogP contribution is 2.26. The fraction of sp³-hybridized carbons (Fsp3) is 0.500. The summed E-state index contributed by atoms with van der Waals surface area (Å²) in [5, 5.41) is 4.18. The Kier molecular flexibility index (Phi) is 2.22. The molecule has 1 aliphatic rings. The van der Waals surface area contributed by atoms with Crippen LogP contribution in [-0.2, 0) is 11.8 Å². The summed E-state index contributed by atoms with van der Waals surface area (Å²) in [4.78, 5) is 26.7. The van der Waals surface area contributed by atoms with Crippen LogP contribution >= 0.6 is 0 Å². The summed E-state index contributed by atoms with van der Waals surface area (Å²) < 4.78 is 1.57. The van der Waals surface area contributed by atoms with Crippen molar-refractivity contribution in [3.8, 4) is 0 Å². The smallest absolute Gasteiger partial charge is 0.259 e. The van der Waals surface area contributed by atoms with E-state index in [1.165, 1.54) is 9.80 Å². The van der Waals surface area contributed by atoms with Crippen LogP contribution in [0.4, 0.5) is 5.82 Å². The second kappa shape index (κ2) is 3.33. The predicted octanol–water partition coefficient (Wildman–Crippen LogP) is -0.223. The van der Waals surface area contributed by atoms with E-state index in [1.807, 2.05) is 0 Å². The van der Waals surface area contributed by atoms with E-state index in [4.69, 9.17) is 0 Å². The fourth-order valence-corrected chi connectivity index (χ4v) is 1.97. The van der Waals surface area contributed by atoms with Crippen molar-refractivity contribution in [1.29, 1.82) is 0 Å². The molecule has 0 atom stereocenters. The third-order valence-corrected chi connectivity index (χ3v) is 2.82. The summed E-state index contributed by atoms with van der Waals surface area (Å²) in [6.07, 6.45) is 0. The lowest BCUT2D eigenvalue weighted by Gasteiger charge is -2.16. The van der Waals surface area contributed by atoms with Gasteiger partial charge in [-0.1, -0.05) is 0 Å². The Hall–Kier alpha value is -1.85. The van der Waals surface area contributed by atoms with Gasteiger partial charge >= 0.3 is 0 Å². The van der Waals surface area contributed by atoms with Crippen molar-refractivity contribution >= 4 is 17.6 Å². The number of carbonyl (C=O) groups is 2. The van der Waals surface area contributed by atoms with Gasteiger partial charge in [0.15, 0.2) is 0 Å². The van der Waals surface area contributed by atoms with Crippen molar-refractivity contribution in [1.82, 2.24) is 14.7 Å². The maximum atomic E-state index is 12.1. The zero-order valence-corrected chi connectivity index (χ0v) is 9.81. The SMILES string of the molecule is Cc1nn(C)c2c1C(=O)N(C)CC(=O)N2C. The summed E-state index contributed by atoms with van der Waals surface area (Å²) in [5.74, 6) is 0.299. The van der Waals surface area contributed by atoms with E-state index < -0.39 is 0 Å². The average molecular weight is 222 g/mol. The van der Waals surface area contributed by atoms with Crippen LogP contribution in [0.2, 0.25) is 0 Å². The Morgan fingerprint density at radius 3 is 2.44 bits per heavy atom. The van der Waals surface area contributed by atoms with Crippen LogP contribution in [0, 0.1) is 6.92 Å². The number of carbonyl (C=O) groups excluding carboxylic acids is 2. The third-order valence-electron chi connectivity index (χ3n) is 2.82. The van der Waals surface area contributed by atoms with E-state index in [1.54, 1.807) is 32.7 Å². The first-order valence-electron chi connectivity index (χ1n) is 4.99. The first kappa shape index (κ1) is 10.7. The molecule has 6 heteroatoms. The van der Waals surface area contributed by atoms with Crippen LogP contribution in [-0.4, -0.2) is 47.1 Å². The number of likely N-dealkylation sites (N-methyl/N-ethyl adjacent to an activating group) is 2. The molecule has 0 aromatic carbocycles. The molecule has 0 N–H and O–H groups in total. The summed E-state index contributed by atoms with van der Waals surface area (Å²) >= 11 is 0. The summed E-state index contributed by atoms with van der Waals surface area (Å²) in [6, 6.07) is 0. The van der Waals surface area contributed by atoms with Gasteiger partial charge in [-0.25, -0.2) is 0 Å². The number of anilines is 1. The highest BCUT2D eigenvalue weighted by Gasteiger charge is 2.32. The second-order valence-electron chi connectivity index (χ2n) is 4.02. The molecule has 1 aliphatic heterocycles. The molecule has 1 aromatic rings. The molecule has 2 amide bonds. The minimum Gasteiger partial charge on any atom is -0.332 e. The van der Waals surface area contributed by atoms with Gasteiger partial charge in [-0.05, 0) is 6.92 Å². The maximum Gasteiger partial charge on any atom is 0.259 e. The molecule has 2 heterocycles. The Labute approximate surface area is 93.4 Å². The lowest BCUT2D eigenvalue weighted by atomic mass is 10.2. The Morgan fingerprint density at radius 2 is 1.81 bits per heavy atom. The minimum absolute atomic E-state index is 0.101. The number of amides is 2. The van der Waals surface area contributed by atoms with E-state index in [0.29, 0.717) is 17.1 Å². The van der Waals surface area contributed by atoms with E-state index in [-0.39, 0.29) is 18.4 Å². The standard InChI is InChI=1S/C10H14N4O2/c1-6-8-9(14(4)11-6)13(3)7(15)5-12(2)10(8)16/h5H2,1-4H3. The van der Waals surface area contributed by atoms with Gasteiger partial charge in [-0.3, -0.25) is 19.2 Å². The van der Waals surface area contributed by atoms with E-state index in [2.05, 4.69) is 5.10 Å². The van der Waals surface area contributed by atoms with Crippen molar-refractivity contribution < 1.29 is 9.59 Å². The van der Waals surface area contributed by atoms with Gasteiger partial charge in [0.1, 0.15) is 17.9 Å². The van der Waals surface area contributed by atoms with E-state index >= 15 is 0 Å². The molecule has 1 aromatic heterocycles. The molecule has 16 heavy (non-hydrogen) atoms. The monoisotopic (exact) mass is 222 g/mol.